The Bertz CT molecular complexity index is 1080. The van der Waals surface area contributed by atoms with Gasteiger partial charge in [0.05, 0.1) is 0 Å². The highest BCUT2D eigenvalue weighted by Gasteiger charge is 2.30. The molecule has 7 heteroatoms. The van der Waals surface area contributed by atoms with Crippen LogP contribution in [0.5, 0.6) is 0 Å². The first-order valence-electron chi connectivity index (χ1n) is 11.7. The number of carbonyl (C=O) groups is 2. The Morgan fingerprint density at radius 2 is 1.51 bits per heavy atom. The summed E-state index contributed by atoms with van der Waals surface area (Å²) >= 11 is 13.6. The monoisotopic (exact) mass is 528 g/mol. The lowest BCUT2D eigenvalue weighted by molar-refractivity contribution is -0.141. The van der Waals surface area contributed by atoms with Gasteiger partial charge in [0.2, 0.25) is 11.8 Å². The smallest absolute Gasteiger partial charge is 0.243 e. The Morgan fingerprint density at radius 3 is 2.14 bits per heavy atom. The molecule has 0 radical (unpaired) electrons. The normalized spacial score (nSPS) is 11.6. The predicted octanol–water partition coefficient (Wildman–Crippen LogP) is 6.64. The van der Waals surface area contributed by atoms with E-state index < -0.39 is 6.04 Å². The maximum Gasteiger partial charge on any atom is 0.243 e. The van der Waals surface area contributed by atoms with Gasteiger partial charge in [0.1, 0.15) is 6.04 Å². The van der Waals surface area contributed by atoms with Crippen molar-refractivity contribution in [1.29, 1.82) is 0 Å². The molecule has 184 valence electrons. The van der Waals surface area contributed by atoms with Crippen LogP contribution in [0.1, 0.15) is 30.9 Å². The van der Waals surface area contributed by atoms with Crippen molar-refractivity contribution in [1.82, 2.24) is 10.2 Å². The maximum absolute atomic E-state index is 13.6. The number of halogens is 2. The van der Waals surface area contributed by atoms with Crippen LogP contribution < -0.4 is 5.32 Å². The number of benzene rings is 3. The molecule has 0 aliphatic carbocycles. The quantitative estimate of drug-likeness (QED) is 0.268. The minimum atomic E-state index is -0.618. The van der Waals surface area contributed by atoms with Crippen LogP contribution in [0.3, 0.4) is 0 Å². The van der Waals surface area contributed by atoms with Gasteiger partial charge in [-0.2, -0.15) is 0 Å². The van der Waals surface area contributed by atoms with Crippen LogP contribution in [0.15, 0.2) is 83.8 Å². The van der Waals surface area contributed by atoms with Crippen molar-refractivity contribution < 1.29 is 9.59 Å². The molecule has 35 heavy (non-hydrogen) atoms. The van der Waals surface area contributed by atoms with Crippen LogP contribution in [-0.4, -0.2) is 35.1 Å². The predicted molar refractivity (Wildman–Crippen MR) is 146 cm³/mol. The lowest BCUT2D eigenvalue weighted by atomic mass is 10.0. The van der Waals surface area contributed by atoms with Crippen molar-refractivity contribution >= 4 is 46.8 Å². The summed E-state index contributed by atoms with van der Waals surface area (Å²) in [5, 5.41) is 4.31. The van der Waals surface area contributed by atoms with E-state index in [1.165, 1.54) is 0 Å². The molecule has 0 spiro atoms. The molecule has 0 saturated heterocycles. The van der Waals surface area contributed by atoms with E-state index in [0.29, 0.717) is 41.7 Å². The van der Waals surface area contributed by atoms with Crippen LogP contribution >= 0.6 is 35.0 Å². The Balaban J connectivity index is 1.81. The number of nitrogens with zero attached hydrogens (tertiary/aromatic N) is 1. The van der Waals surface area contributed by atoms with Gasteiger partial charge < -0.3 is 10.2 Å². The minimum Gasteiger partial charge on any atom is -0.354 e. The van der Waals surface area contributed by atoms with E-state index in [1.807, 2.05) is 73.7 Å². The van der Waals surface area contributed by atoms with E-state index in [1.54, 1.807) is 28.8 Å². The number of amides is 2. The minimum absolute atomic E-state index is 0.0611. The van der Waals surface area contributed by atoms with E-state index in [-0.39, 0.29) is 11.8 Å². The number of hydrogen-bond acceptors (Lipinski definition) is 3. The van der Waals surface area contributed by atoms with Gasteiger partial charge in [-0.1, -0.05) is 72.6 Å². The number of hydrogen-bond donors (Lipinski definition) is 1. The average molecular weight is 530 g/mol. The van der Waals surface area contributed by atoms with Crippen LogP contribution in [0.4, 0.5) is 0 Å². The third-order valence-corrected chi connectivity index (χ3v) is 7.00. The molecule has 0 aliphatic rings. The van der Waals surface area contributed by atoms with Crippen LogP contribution in [0.25, 0.3) is 0 Å². The standard InChI is InChI=1S/C28H30Cl2N2O2S/c1-2-17-31-28(34)26(19-21-6-4-3-5-7-21)32(20-22-8-10-23(29)11-9-22)27(33)16-18-35-25-14-12-24(30)13-15-25/h3-15,26H,2,16-20H2,1H3,(H,31,34)/t26-/m1/s1. The van der Waals surface area contributed by atoms with Gasteiger partial charge >= 0.3 is 0 Å². The summed E-state index contributed by atoms with van der Waals surface area (Å²) in [5.41, 5.74) is 1.93. The zero-order valence-corrected chi connectivity index (χ0v) is 22.1. The highest BCUT2D eigenvalue weighted by atomic mass is 35.5. The Kier molecular flexibility index (Phi) is 11.0. The molecule has 4 nitrogen and oxygen atoms in total. The van der Waals surface area contributed by atoms with E-state index >= 15 is 0 Å². The van der Waals surface area contributed by atoms with Crippen LogP contribution in [0, 0.1) is 0 Å². The third-order valence-electron chi connectivity index (χ3n) is 5.48. The molecule has 0 saturated carbocycles. The van der Waals surface area contributed by atoms with Crippen molar-refractivity contribution in [3.05, 3.63) is 100 Å². The van der Waals surface area contributed by atoms with Crippen molar-refractivity contribution in [3.8, 4) is 0 Å². The fraction of sp³-hybridized carbons (Fsp3) is 0.286. The first kappa shape index (κ1) is 27.1. The molecule has 3 rings (SSSR count). The topological polar surface area (TPSA) is 49.4 Å². The molecular weight excluding hydrogens is 499 g/mol. The molecule has 0 fully saturated rings. The Labute approximate surface area is 222 Å². The Hall–Kier alpha value is -2.47. The van der Waals surface area contributed by atoms with Gasteiger partial charge in [-0.3, -0.25) is 9.59 Å². The summed E-state index contributed by atoms with van der Waals surface area (Å²) in [6, 6.07) is 24.2. The van der Waals surface area contributed by atoms with Crippen molar-refractivity contribution in [2.45, 2.75) is 43.7 Å². The van der Waals surface area contributed by atoms with Crippen LogP contribution in [0.2, 0.25) is 10.0 Å². The molecule has 0 aromatic heterocycles. The maximum atomic E-state index is 13.6. The van der Waals surface area contributed by atoms with Gasteiger partial charge in [-0.15, -0.1) is 11.8 Å². The second-order valence-corrected chi connectivity index (χ2v) is 10.2. The first-order chi connectivity index (χ1) is 17.0. The van der Waals surface area contributed by atoms with Gasteiger partial charge in [0.15, 0.2) is 0 Å². The van der Waals surface area contributed by atoms with E-state index in [2.05, 4.69) is 5.32 Å². The van der Waals surface area contributed by atoms with E-state index in [9.17, 15) is 9.59 Å². The molecule has 3 aromatic rings. The summed E-state index contributed by atoms with van der Waals surface area (Å²) in [6.45, 7) is 2.91. The zero-order chi connectivity index (χ0) is 25.0. The molecule has 0 aliphatic heterocycles. The molecule has 0 heterocycles. The van der Waals surface area contributed by atoms with Crippen molar-refractivity contribution in [3.63, 3.8) is 0 Å². The highest BCUT2D eigenvalue weighted by Crippen LogP contribution is 2.23. The largest absolute Gasteiger partial charge is 0.354 e. The molecule has 1 N–H and O–H groups in total. The molecule has 0 bridgehead atoms. The summed E-state index contributed by atoms with van der Waals surface area (Å²) in [4.78, 5) is 29.6. The number of thioether (sulfide) groups is 1. The molecule has 0 unspecified atom stereocenters. The van der Waals surface area contributed by atoms with Crippen molar-refractivity contribution in [2.75, 3.05) is 12.3 Å². The lowest BCUT2D eigenvalue weighted by Crippen LogP contribution is -2.50. The summed E-state index contributed by atoms with van der Waals surface area (Å²) in [6.07, 6.45) is 1.58. The van der Waals surface area contributed by atoms with Gasteiger partial charge in [-0.25, -0.2) is 0 Å². The van der Waals surface area contributed by atoms with Gasteiger partial charge in [0.25, 0.3) is 0 Å². The average Bonchev–Trinajstić information content (AvgIpc) is 2.87. The first-order valence-corrected chi connectivity index (χ1v) is 13.4. The SMILES string of the molecule is CCCNC(=O)[C@@H](Cc1ccccc1)N(Cc1ccc(Cl)cc1)C(=O)CCSc1ccc(Cl)cc1. The van der Waals surface area contributed by atoms with E-state index in [0.717, 1.165) is 22.4 Å². The van der Waals surface area contributed by atoms with E-state index in [4.69, 9.17) is 23.2 Å². The summed E-state index contributed by atoms with van der Waals surface area (Å²) in [7, 11) is 0. The molecule has 2 amide bonds. The fourth-order valence-corrected chi connectivity index (χ4v) is 4.73. The summed E-state index contributed by atoms with van der Waals surface area (Å²) < 4.78 is 0. The molecule has 3 aromatic carbocycles. The zero-order valence-electron chi connectivity index (χ0n) is 19.8. The number of rotatable bonds is 12. The van der Waals surface area contributed by atoms with Crippen molar-refractivity contribution in [2.24, 2.45) is 0 Å². The molecular formula is C28H30Cl2N2O2S. The van der Waals surface area contributed by atoms with Crippen LogP contribution in [-0.2, 0) is 22.6 Å². The van der Waals surface area contributed by atoms with Gasteiger partial charge in [-0.05, 0) is 53.9 Å². The summed E-state index contributed by atoms with van der Waals surface area (Å²) in [5.74, 6) is 0.407. The number of carbonyl (C=O) groups excluding carboxylic acids is 2. The fourth-order valence-electron chi connectivity index (χ4n) is 3.64. The highest BCUT2D eigenvalue weighted by molar-refractivity contribution is 7.99. The van der Waals surface area contributed by atoms with Gasteiger partial charge in [0, 0.05) is 46.6 Å². The lowest BCUT2D eigenvalue weighted by Gasteiger charge is -2.31. The molecule has 1 atom stereocenters. The third kappa shape index (κ3) is 8.92. The Morgan fingerprint density at radius 1 is 0.886 bits per heavy atom. The second-order valence-electron chi connectivity index (χ2n) is 8.20. The second kappa shape index (κ2) is 14.2. The number of nitrogens with one attached hydrogen (secondary N) is 1.